The Labute approximate surface area is 155 Å². The molecule has 0 radical (unpaired) electrons. The average Bonchev–Trinajstić information content (AvgIpc) is 3.29. The lowest BCUT2D eigenvalue weighted by Gasteiger charge is -2.16. The molecule has 2 heterocycles. The lowest BCUT2D eigenvalue weighted by molar-refractivity contribution is -0.125. The molecule has 0 aliphatic rings. The van der Waals surface area contributed by atoms with Crippen LogP contribution in [0.15, 0.2) is 47.0 Å². The first kappa shape index (κ1) is 18.4. The van der Waals surface area contributed by atoms with Crippen LogP contribution >= 0.6 is 0 Å². The summed E-state index contributed by atoms with van der Waals surface area (Å²) >= 11 is 0. The Bertz CT molecular complexity index is 917. The molecule has 1 unspecified atom stereocenters. The molecule has 0 saturated heterocycles. The minimum Gasteiger partial charge on any atom is -0.442 e. The van der Waals surface area contributed by atoms with Crippen molar-refractivity contribution >= 4 is 17.7 Å². The number of hydrogen-bond donors (Lipinski definition) is 2. The first-order chi connectivity index (χ1) is 13.1. The number of hydrogen-bond acceptors (Lipinski definition) is 6. The normalized spacial score (nSPS) is 11.8. The van der Waals surface area contributed by atoms with E-state index in [1.54, 1.807) is 43.3 Å². The van der Waals surface area contributed by atoms with E-state index < -0.39 is 18.0 Å². The molecule has 0 fully saturated rings. The Morgan fingerprint density at radius 1 is 1.26 bits per heavy atom. The average molecular weight is 368 g/mol. The van der Waals surface area contributed by atoms with Gasteiger partial charge >= 0.3 is 5.97 Å². The molecule has 0 saturated carbocycles. The van der Waals surface area contributed by atoms with E-state index in [1.165, 1.54) is 0 Å². The summed E-state index contributed by atoms with van der Waals surface area (Å²) in [6.07, 6.45) is 0.541. The number of aromatic amines is 1. The Balaban J connectivity index is 1.79. The molecule has 3 rings (SSSR count). The van der Waals surface area contributed by atoms with E-state index in [2.05, 4.69) is 20.7 Å². The van der Waals surface area contributed by atoms with Gasteiger partial charge in [-0.25, -0.2) is 4.79 Å². The third kappa shape index (κ3) is 4.60. The number of benzene rings is 1. The summed E-state index contributed by atoms with van der Waals surface area (Å²) in [6.45, 7) is 3.74. The van der Waals surface area contributed by atoms with Gasteiger partial charge in [0.2, 0.25) is 6.10 Å². The summed E-state index contributed by atoms with van der Waals surface area (Å²) in [5, 5.41) is 13.1. The Morgan fingerprint density at radius 3 is 2.70 bits per heavy atom. The molecule has 0 aliphatic carbocycles. The van der Waals surface area contributed by atoms with Gasteiger partial charge in [0, 0.05) is 17.3 Å². The molecule has 140 valence electrons. The monoisotopic (exact) mass is 368 g/mol. The fraction of sp³-hybridized carbons (Fsp3) is 0.263. The lowest BCUT2D eigenvalue weighted by Crippen LogP contribution is -2.26. The van der Waals surface area contributed by atoms with Crippen LogP contribution in [0.2, 0.25) is 0 Å². The standard InChI is InChI=1S/C19H20N4O4/c1-3-7-14-11-15(22-21-14)19(25)26-17(13-8-5-4-6-9-13)18(24)20-16-10-12(2)27-23-16/h4-6,8-11,17H,3,7H2,1-2H3,(H,21,22)(H,20,23,24). The van der Waals surface area contributed by atoms with Gasteiger partial charge in [-0.05, 0) is 19.4 Å². The number of rotatable bonds is 7. The number of aryl methyl sites for hydroxylation is 2. The smallest absolute Gasteiger partial charge is 0.359 e. The van der Waals surface area contributed by atoms with Crippen LogP contribution in [-0.4, -0.2) is 27.2 Å². The molecule has 0 spiro atoms. The van der Waals surface area contributed by atoms with Gasteiger partial charge in [-0.15, -0.1) is 0 Å². The molecule has 0 bridgehead atoms. The summed E-state index contributed by atoms with van der Waals surface area (Å²) in [4.78, 5) is 25.2. The largest absolute Gasteiger partial charge is 0.442 e. The molecule has 3 aromatic rings. The number of anilines is 1. The van der Waals surface area contributed by atoms with Gasteiger partial charge in [-0.3, -0.25) is 9.89 Å². The van der Waals surface area contributed by atoms with E-state index in [0.717, 1.165) is 18.5 Å². The third-order valence-corrected chi connectivity index (χ3v) is 3.80. The molecule has 27 heavy (non-hydrogen) atoms. The zero-order chi connectivity index (χ0) is 19.2. The molecule has 0 aliphatic heterocycles. The van der Waals surface area contributed by atoms with Crippen molar-refractivity contribution < 1.29 is 18.8 Å². The van der Waals surface area contributed by atoms with Crippen LogP contribution in [0.3, 0.4) is 0 Å². The van der Waals surface area contributed by atoms with Crippen molar-refractivity contribution in [2.45, 2.75) is 32.8 Å². The van der Waals surface area contributed by atoms with Gasteiger partial charge in [-0.2, -0.15) is 5.10 Å². The number of amides is 1. The molecular formula is C19H20N4O4. The molecule has 8 nitrogen and oxygen atoms in total. The maximum atomic E-state index is 12.7. The molecule has 2 N–H and O–H groups in total. The molecule has 2 aromatic heterocycles. The predicted molar refractivity (Wildman–Crippen MR) is 97.1 cm³/mol. The van der Waals surface area contributed by atoms with Crippen LogP contribution < -0.4 is 5.32 Å². The molecule has 8 heteroatoms. The van der Waals surface area contributed by atoms with E-state index in [0.29, 0.717) is 11.3 Å². The summed E-state index contributed by atoms with van der Waals surface area (Å²) in [5.74, 6) is -0.417. The summed E-state index contributed by atoms with van der Waals surface area (Å²) in [6, 6.07) is 12.0. The van der Waals surface area contributed by atoms with E-state index in [4.69, 9.17) is 9.26 Å². The van der Waals surface area contributed by atoms with Crippen molar-refractivity contribution in [3.05, 3.63) is 65.2 Å². The van der Waals surface area contributed by atoms with Gasteiger partial charge in [0.25, 0.3) is 5.91 Å². The number of nitrogens with zero attached hydrogens (tertiary/aromatic N) is 2. The predicted octanol–water partition coefficient (Wildman–Crippen LogP) is 3.20. The highest BCUT2D eigenvalue weighted by atomic mass is 16.5. The van der Waals surface area contributed by atoms with Crippen molar-refractivity contribution in [1.29, 1.82) is 0 Å². The van der Waals surface area contributed by atoms with Gasteiger partial charge in [0.1, 0.15) is 5.76 Å². The van der Waals surface area contributed by atoms with Crippen LogP contribution in [0.1, 0.15) is 47.0 Å². The number of esters is 1. The Hall–Kier alpha value is -3.42. The molecular weight excluding hydrogens is 348 g/mol. The first-order valence-electron chi connectivity index (χ1n) is 8.61. The Kier molecular flexibility index (Phi) is 5.65. The third-order valence-electron chi connectivity index (χ3n) is 3.80. The second-order valence-corrected chi connectivity index (χ2v) is 6.04. The van der Waals surface area contributed by atoms with Crippen molar-refractivity contribution in [2.75, 3.05) is 5.32 Å². The van der Waals surface area contributed by atoms with Crippen LogP contribution in [0.4, 0.5) is 5.82 Å². The van der Waals surface area contributed by atoms with E-state index in [1.807, 2.05) is 13.0 Å². The van der Waals surface area contributed by atoms with Crippen molar-refractivity contribution in [1.82, 2.24) is 15.4 Å². The highest BCUT2D eigenvalue weighted by Crippen LogP contribution is 2.21. The number of aromatic nitrogens is 3. The number of H-pyrrole nitrogens is 1. The fourth-order valence-electron chi connectivity index (χ4n) is 2.55. The second-order valence-electron chi connectivity index (χ2n) is 6.04. The van der Waals surface area contributed by atoms with Gasteiger partial charge < -0.3 is 14.6 Å². The van der Waals surface area contributed by atoms with Crippen LogP contribution in [0.25, 0.3) is 0 Å². The second kappa shape index (κ2) is 8.31. The van der Waals surface area contributed by atoms with Crippen molar-refractivity contribution in [2.24, 2.45) is 0 Å². The van der Waals surface area contributed by atoms with E-state index >= 15 is 0 Å². The van der Waals surface area contributed by atoms with E-state index in [9.17, 15) is 9.59 Å². The van der Waals surface area contributed by atoms with Crippen molar-refractivity contribution in [3.8, 4) is 0 Å². The zero-order valence-corrected chi connectivity index (χ0v) is 15.1. The quantitative estimate of drug-likeness (QED) is 0.620. The number of carbonyl (C=O) groups is 2. The van der Waals surface area contributed by atoms with E-state index in [-0.39, 0.29) is 11.5 Å². The highest BCUT2D eigenvalue weighted by Gasteiger charge is 2.27. The zero-order valence-electron chi connectivity index (χ0n) is 15.1. The van der Waals surface area contributed by atoms with Crippen LogP contribution in [0.5, 0.6) is 0 Å². The van der Waals surface area contributed by atoms with Gasteiger partial charge in [0.15, 0.2) is 11.5 Å². The SMILES string of the molecule is CCCc1cc(C(=O)OC(C(=O)Nc2cc(C)on2)c2ccccc2)n[nH]1. The summed E-state index contributed by atoms with van der Waals surface area (Å²) in [5.41, 5.74) is 1.50. The van der Waals surface area contributed by atoms with Gasteiger partial charge in [-0.1, -0.05) is 48.8 Å². The highest BCUT2D eigenvalue weighted by molar-refractivity contribution is 5.97. The minimum atomic E-state index is -1.15. The number of ether oxygens (including phenoxy) is 1. The summed E-state index contributed by atoms with van der Waals surface area (Å²) in [7, 11) is 0. The minimum absolute atomic E-state index is 0.129. The molecule has 1 amide bonds. The first-order valence-corrected chi connectivity index (χ1v) is 8.61. The van der Waals surface area contributed by atoms with Crippen LogP contribution in [0, 0.1) is 6.92 Å². The molecule has 1 aromatic carbocycles. The Morgan fingerprint density at radius 2 is 2.04 bits per heavy atom. The number of nitrogens with one attached hydrogen (secondary N) is 2. The number of carbonyl (C=O) groups excluding carboxylic acids is 2. The topological polar surface area (TPSA) is 110 Å². The lowest BCUT2D eigenvalue weighted by atomic mass is 10.1. The maximum absolute atomic E-state index is 12.7. The maximum Gasteiger partial charge on any atom is 0.359 e. The summed E-state index contributed by atoms with van der Waals surface area (Å²) < 4.78 is 10.4. The fourth-order valence-corrected chi connectivity index (χ4v) is 2.55. The van der Waals surface area contributed by atoms with Crippen molar-refractivity contribution in [3.63, 3.8) is 0 Å². The van der Waals surface area contributed by atoms with Crippen LogP contribution in [-0.2, 0) is 16.0 Å². The molecule has 1 atom stereocenters. The van der Waals surface area contributed by atoms with Gasteiger partial charge in [0.05, 0.1) is 0 Å².